The highest BCUT2D eigenvalue weighted by Crippen LogP contribution is 2.37. The summed E-state index contributed by atoms with van der Waals surface area (Å²) in [6, 6.07) is 9.89. The lowest BCUT2D eigenvalue weighted by Crippen LogP contribution is -2.37. The number of hydrogen-bond donors (Lipinski definition) is 4. The standard InChI is InChI=1S/C28H28Cl2N6O6/c1-41-27(39)31-17-7-8-18-21(13-17)32-22(37)5-3-2-4-19(25-34-23(18)24(30)35-25)26(38)36-10-11-42-28(40)33-20-9-6-16(29)12-15(20)14-36/h6-9,12-13,19H,2-5,10-11,14H2,1H3,(H,31,39)(H,32,37)(H,33,40)(H,34,35). The SMILES string of the molecule is COC(=O)Nc1ccc2c(c1)NC(=O)CCCCC(C(=O)N1CCOC(=O)Nc3ccc(Cl)cc3C1)c1nc-2c(Cl)[nH]1. The molecule has 14 heteroatoms. The number of fused-ring (bicyclic) bond motifs is 5. The van der Waals surface area contributed by atoms with Gasteiger partial charge < -0.3 is 24.7 Å². The predicted molar refractivity (Wildman–Crippen MR) is 157 cm³/mol. The number of methoxy groups -OCH3 is 1. The minimum absolute atomic E-state index is 0.00827. The number of hydrogen-bond acceptors (Lipinski definition) is 7. The first kappa shape index (κ1) is 29.2. The number of rotatable bonds is 2. The molecule has 1 atom stereocenters. The van der Waals surface area contributed by atoms with Gasteiger partial charge in [-0.05, 0) is 54.8 Å². The first-order valence-electron chi connectivity index (χ1n) is 13.3. The minimum atomic E-state index is -0.713. The van der Waals surface area contributed by atoms with E-state index in [2.05, 4.69) is 25.7 Å². The van der Waals surface area contributed by atoms with E-state index in [9.17, 15) is 19.2 Å². The summed E-state index contributed by atoms with van der Waals surface area (Å²) in [4.78, 5) is 60.3. The number of carbonyl (C=O) groups excluding carboxylic acids is 4. The van der Waals surface area contributed by atoms with Gasteiger partial charge in [0.1, 0.15) is 23.3 Å². The summed E-state index contributed by atoms with van der Waals surface area (Å²) in [5.74, 6) is -0.815. The maximum absolute atomic E-state index is 14.1. The Kier molecular flexibility index (Phi) is 8.83. The van der Waals surface area contributed by atoms with Gasteiger partial charge in [0.05, 0.1) is 25.3 Å². The molecular formula is C28H28Cl2N6O6. The van der Waals surface area contributed by atoms with Gasteiger partial charge in [-0.15, -0.1) is 0 Å². The zero-order chi connectivity index (χ0) is 29.8. The molecule has 12 nitrogen and oxygen atoms in total. The molecule has 2 aliphatic heterocycles. The number of imidazole rings is 1. The topological polar surface area (TPSA) is 155 Å². The second-order valence-corrected chi connectivity index (χ2v) is 10.6. The lowest BCUT2D eigenvalue weighted by atomic mass is 9.97. The molecule has 1 aromatic heterocycles. The van der Waals surface area contributed by atoms with E-state index in [4.69, 9.17) is 32.9 Å². The third-order valence-electron chi connectivity index (χ3n) is 7.00. The van der Waals surface area contributed by atoms with Crippen molar-refractivity contribution >= 4 is 64.3 Å². The number of carbonyl (C=O) groups is 4. The molecule has 220 valence electrons. The van der Waals surface area contributed by atoms with Gasteiger partial charge in [-0.2, -0.15) is 0 Å². The van der Waals surface area contributed by atoms with Crippen molar-refractivity contribution in [1.82, 2.24) is 14.9 Å². The van der Waals surface area contributed by atoms with Crippen molar-refractivity contribution in [3.63, 3.8) is 0 Å². The van der Waals surface area contributed by atoms with Crippen LogP contribution in [0.3, 0.4) is 0 Å². The molecule has 0 saturated heterocycles. The molecule has 3 heterocycles. The first-order valence-corrected chi connectivity index (χ1v) is 14.0. The van der Waals surface area contributed by atoms with Gasteiger partial charge in [0.2, 0.25) is 11.8 Å². The Bertz CT molecular complexity index is 1540. The van der Waals surface area contributed by atoms with Crippen LogP contribution in [0.25, 0.3) is 11.3 Å². The predicted octanol–water partition coefficient (Wildman–Crippen LogP) is 5.75. The quantitative estimate of drug-likeness (QED) is 0.286. The zero-order valence-corrected chi connectivity index (χ0v) is 24.1. The van der Waals surface area contributed by atoms with E-state index in [1.807, 2.05) is 0 Å². The highest BCUT2D eigenvalue weighted by Gasteiger charge is 2.31. The van der Waals surface area contributed by atoms with Crippen LogP contribution in [0.15, 0.2) is 36.4 Å². The summed E-state index contributed by atoms with van der Waals surface area (Å²) in [5.41, 5.74) is 2.78. The summed E-state index contributed by atoms with van der Waals surface area (Å²) in [6.45, 7) is 0.320. The highest BCUT2D eigenvalue weighted by atomic mass is 35.5. The molecule has 42 heavy (non-hydrogen) atoms. The van der Waals surface area contributed by atoms with E-state index >= 15 is 0 Å². The van der Waals surface area contributed by atoms with Crippen LogP contribution in [0.5, 0.6) is 0 Å². The normalized spacial score (nSPS) is 17.3. The third-order valence-corrected chi connectivity index (χ3v) is 7.51. The number of aromatic amines is 1. The van der Waals surface area contributed by atoms with Gasteiger partial charge in [0.15, 0.2) is 0 Å². The lowest BCUT2D eigenvalue weighted by molar-refractivity contribution is -0.134. The fourth-order valence-corrected chi connectivity index (χ4v) is 5.38. The number of ether oxygens (including phenoxy) is 2. The van der Waals surface area contributed by atoms with E-state index in [0.717, 1.165) is 0 Å². The van der Waals surface area contributed by atoms with Crippen LogP contribution in [0.1, 0.15) is 43.0 Å². The van der Waals surface area contributed by atoms with Crippen LogP contribution in [0.4, 0.5) is 26.7 Å². The largest absolute Gasteiger partial charge is 0.453 e. The van der Waals surface area contributed by atoms with E-state index in [1.165, 1.54) is 7.11 Å². The molecule has 5 rings (SSSR count). The average Bonchev–Trinajstić information content (AvgIpc) is 3.36. The van der Waals surface area contributed by atoms with E-state index in [1.54, 1.807) is 41.3 Å². The molecule has 0 radical (unpaired) electrons. The highest BCUT2D eigenvalue weighted by molar-refractivity contribution is 6.32. The van der Waals surface area contributed by atoms with Crippen molar-refractivity contribution in [3.8, 4) is 11.3 Å². The Morgan fingerprint density at radius 1 is 1.10 bits per heavy atom. The maximum atomic E-state index is 14.1. The molecule has 0 fully saturated rings. The summed E-state index contributed by atoms with van der Waals surface area (Å²) in [5, 5.41) is 8.80. The molecule has 0 aliphatic carbocycles. The van der Waals surface area contributed by atoms with E-state index in [-0.39, 0.29) is 43.1 Å². The molecule has 4 amide bonds. The smallest absolute Gasteiger partial charge is 0.411 e. The van der Waals surface area contributed by atoms with Gasteiger partial charge in [-0.25, -0.2) is 14.6 Å². The van der Waals surface area contributed by atoms with Crippen LogP contribution in [-0.4, -0.2) is 59.1 Å². The molecular weight excluding hydrogens is 587 g/mol. The van der Waals surface area contributed by atoms with E-state index in [0.29, 0.717) is 64.0 Å². The molecule has 2 aromatic carbocycles. The monoisotopic (exact) mass is 614 g/mol. The van der Waals surface area contributed by atoms with Gasteiger partial charge in [0.25, 0.3) is 0 Å². The van der Waals surface area contributed by atoms with E-state index < -0.39 is 18.1 Å². The summed E-state index contributed by atoms with van der Waals surface area (Å²) < 4.78 is 9.93. The van der Waals surface area contributed by atoms with Gasteiger partial charge in [0, 0.05) is 34.9 Å². The first-order chi connectivity index (χ1) is 20.2. The summed E-state index contributed by atoms with van der Waals surface area (Å²) in [6.07, 6.45) is 0.419. The van der Waals surface area contributed by atoms with Crippen LogP contribution in [-0.2, 0) is 25.6 Å². The minimum Gasteiger partial charge on any atom is -0.453 e. The number of amides is 4. The van der Waals surface area contributed by atoms with Crippen molar-refractivity contribution in [3.05, 3.63) is 58.0 Å². The fraction of sp³-hybridized carbons (Fsp3) is 0.321. The average molecular weight is 615 g/mol. The summed E-state index contributed by atoms with van der Waals surface area (Å²) >= 11 is 12.9. The number of cyclic esters (lactones) is 1. The Morgan fingerprint density at radius 3 is 2.74 bits per heavy atom. The maximum Gasteiger partial charge on any atom is 0.411 e. The third kappa shape index (κ3) is 6.60. The molecule has 1 unspecified atom stereocenters. The van der Waals surface area contributed by atoms with Crippen molar-refractivity contribution in [2.45, 2.75) is 38.1 Å². The number of benzene rings is 2. The number of nitrogens with one attached hydrogen (secondary N) is 4. The number of nitrogens with zero attached hydrogens (tertiary/aromatic N) is 2. The number of anilines is 3. The zero-order valence-electron chi connectivity index (χ0n) is 22.6. The Balaban J connectivity index is 1.51. The molecule has 2 aliphatic rings. The Morgan fingerprint density at radius 2 is 1.93 bits per heavy atom. The molecule has 0 spiro atoms. The second-order valence-electron chi connectivity index (χ2n) is 9.83. The van der Waals surface area contributed by atoms with Crippen molar-refractivity contribution in [1.29, 1.82) is 0 Å². The Hall–Kier alpha value is -4.29. The lowest BCUT2D eigenvalue weighted by Gasteiger charge is -2.26. The number of halogens is 2. The molecule has 2 bridgehead atoms. The molecule has 4 N–H and O–H groups in total. The number of H-pyrrole nitrogens is 1. The fourth-order valence-electron chi connectivity index (χ4n) is 4.94. The van der Waals surface area contributed by atoms with Crippen LogP contribution < -0.4 is 16.0 Å². The molecule has 0 saturated carbocycles. The van der Waals surface area contributed by atoms with Gasteiger partial charge >= 0.3 is 12.2 Å². The number of aromatic nitrogens is 2. The molecule has 3 aromatic rings. The van der Waals surface area contributed by atoms with Crippen LogP contribution in [0, 0.1) is 0 Å². The van der Waals surface area contributed by atoms with Crippen molar-refractivity contribution in [2.24, 2.45) is 0 Å². The van der Waals surface area contributed by atoms with Crippen LogP contribution in [0.2, 0.25) is 10.2 Å². The van der Waals surface area contributed by atoms with Crippen molar-refractivity contribution in [2.75, 3.05) is 36.2 Å². The van der Waals surface area contributed by atoms with Gasteiger partial charge in [-0.1, -0.05) is 29.6 Å². The van der Waals surface area contributed by atoms with Gasteiger partial charge in [-0.3, -0.25) is 20.2 Å². The Labute approximate surface area is 251 Å². The van der Waals surface area contributed by atoms with Crippen LogP contribution >= 0.6 is 23.2 Å². The van der Waals surface area contributed by atoms with Crippen molar-refractivity contribution < 1.29 is 28.7 Å². The summed E-state index contributed by atoms with van der Waals surface area (Å²) in [7, 11) is 1.25. The second kappa shape index (κ2) is 12.7.